The third-order valence-corrected chi connectivity index (χ3v) is 4.54. The van der Waals surface area contributed by atoms with Crippen LogP contribution in [0.3, 0.4) is 0 Å². The van der Waals surface area contributed by atoms with Crippen molar-refractivity contribution in [1.82, 2.24) is 0 Å². The summed E-state index contributed by atoms with van der Waals surface area (Å²) in [5.74, 6) is 1.34. The molecule has 1 atom stereocenters. The van der Waals surface area contributed by atoms with Gasteiger partial charge in [0.2, 0.25) is 5.55 Å². The standard InChI is InChI=1S/C19H16ClN3O2/c1-24-13-8-6-12(7-9-13)23-17(21)15-10-11-25-19(15)22-18(23)14-4-2-3-5-16(14)20/h2-11,18H,21H2,1H3. The van der Waals surface area contributed by atoms with Crippen molar-refractivity contribution < 1.29 is 9.15 Å². The molecular formula is C19H16ClN3O2. The van der Waals surface area contributed by atoms with Crippen LogP contribution < -0.4 is 26.1 Å². The second-order valence-electron chi connectivity index (χ2n) is 5.62. The Morgan fingerprint density at radius 3 is 2.60 bits per heavy atom. The number of nitrogens with two attached hydrogens (primary N) is 1. The van der Waals surface area contributed by atoms with Crippen LogP contribution in [0.2, 0.25) is 5.02 Å². The van der Waals surface area contributed by atoms with Gasteiger partial charge in [-0.15, -0.1) is 0 Å². The molecule has 0 saturated carbocycles. The highest BCUT2D eigenvalue weighted by Crippen LogP contribution is 2.35. The number of benzene rings is 2. The van der Waals surface area contributed by atoms with Crippen molar-refractivity contribution in [2.75, 3.05) is 12.0 Å². The van der Waals surface area contributed by atoms with Gasteiger partial charge >= 0.3 is 0 Å². The number of rotatable bonds is 3. The average molecular weight is 354 g/mol. The fraction of sp³-hybridized carbons (Fsp3) is 0.105. The molecule has 1 aliphatic rings. The van der Waals surface area contributed by atoms with E-state index in [1.54, 1.807) is 13.4 Å². The summed E-state index contributed by atoms with van der Waals surface area (Å²) in [6.07, 6.45) is 1.17. The maximum atomic E-state index is 6.46. The third kappa shape index (κ3) is 2.62. The summed E-state index contributed by atoms with van der Waals surface area (Å²) in [5.41, 5.74) is 8.71. The van der Waals surface area contributed by atoms with Gasteiger partial charge in [-0.25, -0.2) is 4.99 Å². The molecule has 0 radical (unpaired) electrons. The van der Waals surface area contributed by atoms with Crippen LogP contribution in [-0.4, -0.2) is 7.11 Å². The fourth-order valence-corrected chi connectivity index (χ4v) is 3.18. The zero-order chi connectivity index (χ0) is 17.4. The van der Waals surface area contributed by atoms with Gasteiger partial charge in [0.1, 0.15) is 11.6 Å². The molecule has 0 aliphatic carbocycles. The Kier molecular flexibility index (Phi) is 3.86. The third-order valence-electron chi connectivity index (χ3n) is 4.20. The van der Waals surface area contributed by atoms with Gasteiger partial charge in [0.05, 0.1) is 18.6 Å². The molecule has 4 rings (SSSR count). The van der Waals surface area contributed by atoms with E-state index >= 15 is 0 Å². The number of hydrogen-bond donors (Lipinski definition) is 1. The normalized spacial score (nSPS) is 16.3. The first kappa shape index (κ1) is 15.6. The summed E-state index contributed by atoms with van der Waals surface area (Å²) >= 11 is 6.42. The molecular weight excluding hydrogens is 338 g/mol. The minimum Gasteiger partial charge on any atom is -0.497 e. The molecule has 1 aromatic heterocycles. The van der Waals surface area contributed by atoms with Gasteiger partial charge in [0, 0.05) is 16.3 Å². The Morgan fingerprint density at radius 2 is 1.88 bits per heavy atom. The molecule has 5 nitrogen and oxygen atoms in total. The van der Waals surface area contributed by atoms with Gasteiger partial charge < -0.3 is 19.8 Å². The second kappa shape index (κ2) is 6.18. The molecule has 1 aliphatic heterocycles. The van der Waals surface area contributed by atoms with Crippen LogP contribution in [0.25, 0.3) is 5.82 Å². The molecule has 0 bridgehead atoms. The van der Waals surface area contributed by atoms with Crippen molar-refractivity contribution >= 4 is 23.1 Å². The van der Waals surface area contributed by atoms with Crippen molar-refractivity contribution in [1.29, 1.82) is 0 Å². The lowest BCUT2D eigenvalue weighted by Crippen LogP contribution is -2.43. The number of fused-ring (bicyclic) bond motifs is 1. The Balaban J connectivity index is 1.92. The van der Waals surface area contributed by atoms with Crippen molar-refractivity contribution in [3.05, 3.63) is 82.2 Å². The minimum absolute atomic E-state index is 0.416. The van der Waals surface area contributed by atoms with Crippen molar-refractivity contribution in [3.8, 4) is 5.75 Å². The van der Waals surface area contributed by atoms with E-state index < -0.39 is 6.17 Å². The first-order valence-electron chi connectivity index (χ1n) is 7.78. The quantitative estimate of drug-likeness (QED) is 0.786. The number of nitrogens with zero attached hydrogens (tertiary/aromatic N) is 2. The van der Waals surface area contributed by atoms with E-state index in [9.17, 15) is 0 Å². The number of hydrogen-bond acceptors (Lipinski definition) is 5. The molecule has 2 aromatic carbocycles. The molecule has 0 spiro atoms. The lowest BCUT2D eigenvalue weighted by Gasteiger charge is -2.33. The summed E-state index contributed by atoms with van der Waals surface area (Å²) in [4.78, 5) is 6.67. The van der Waals surface area contributed by atoms with Crippen LogP contribution in [0.15, 0.2) is 70.3 Å². The SMILES string of the molecule is COc1ccc(N2C(N)=c3ccoc3=NC2c2ccccc2Cl)cc1. The van der Waals surface area contributed by atoms with Crippen molar-refractivity contribution in [3.63, 3.8) is 0 Å². The van der Waals surface area contributed by atoms with Crippen LogP contribution in [0.4, 0.5) is 5.69 Å². The van der Waals surface area contributed by atoms with Crippen LogP contribution in [0.1, 0.15) is 11.7 Å². The zero-order valence-electron chi connectivity index (χ0n) is 13.5. The summed E-state index contributed by atoms with van der Waals surface area (Å²) in [5, 5.41) is 1.39. The monoisotopic (exact) mass is 353 g/mol. The van der Waals surface area contributed by atoms with Gasteiger partial charge in [0.25, 0.3) is 0 Å². The van der Waals surface area contributed by atoms with Gasteiger partial charge in [-0.05, 0) is 36.4 Å². The molecule has 126 valence electrons. The highest BCUT2D eigenvalue weighted by atomic mass is 35.5. The van der Waals surface area contributed by atoms with E-state index in [4.69, 9.17) is 31.5 Å². The molecule has 0 amide bonds. The van der Waals surface area contributed by atoms with Crippen LogP contribution >= 0.6 is 11.6 Å². The summed E-state index contributed by atoms with van der Waals surface area (Å²) < 4.78 is 10.7. The highest BCUT2D eigenvalue weighted by Gasteiger charge is 2.28. The predicted octanol–water partition coefficient (Wildman–Crippen LogP) is 2.80. The predicted molar refractivity (Wildman–Crippen MR) is 96.8 cm³/mol. The van der Waals surface area contributed by atoms with E-state index in [1.807, 2.05) is 59.5 Å². The largest absolute Gasteiger partial charge is 0.497 e. The maximum absolute atomic E-state index is 6.46. The molecule has 25 heavy (non-hydrogen) atoms. The number of furan rings is 1. The first-order valence-corrected chi connectivity index (χ1v) is 8.15. The van der Waals surface area contributed by atoms with E-state index in [-0.39, 0.29) is 0 Å². The van der Waals surface area contributed by atoms with E-state index in [0.717, 1.165) is 22.2 Å². The fourth-order valence-electron chi connectivity index (χ4n) is 2.94. The molecule has 2 N–H and O–H groups in total. The molecule has 2 heterocycles. The summed E-state index contributed by atoms with van der Waals surface area (Å²) in [6.45, 7) is 0. The molecule has 6 heteroatoms. The highest BCUT2D eigenvalue weighted by molar-refractivity contribution is 6.31. The topological polar surface area (TPSA) is 64.0 Å². The maximum Gasteiger partial charge on any atom is 0.227 e. The summed E-state index contributed by atoms with van der Waals surface area (Å²) in [7, 11) is 1.63. The number of halogens is 1. The second-order valence-corrected chi connectivity index (χ2v) is 6.02. The van der Waals surface area contributed by atoms with E-state index in [0.29, 0.717) is 16.4 Å². The van der Waals surface area contributed by atoms with Gasteiger partial charge in [-0.3, -0.25) is 0 Å². The van der Waals surface area contributed by atoms with Crippen molar-refractivity contribution in [2.24, 2.45) is 10.7 Å². The van der Waals surface area contributed by atoms with Crippen LogP contribution in [-0.2, 0) is 0 Å². The molecule has 3 aromatic rings. The Bertz CT molecular complexity index is 1030. The van der Waals surface area contributed by atoms with Crippen molar-refractivity contribution in [2.45, 2.75) is 6.17 Å². The van der Waals surface area contributed by atoms with E-state index in [1.165, 1.54) is 0 Å². The van der Waals surface area contributed by atoms with Gasteiger partial charge in [0.15, 0.2) is 6.17 Å². The smallest absolute Gasteiger partial charge is 0.227 e. The average Bonchev–Trinajstić information content (AvgIpc) is 3.11. The molecule has 0 fully saturated rings. The zero-order valence-corrected chi connectivity index (χ0v) is 14.3. The Morgan fingerprint density at radius 1 is 1.12 bits per heavy atom. The summed E-state index contributed by atoms with van der Waals surface area (Å²) in [6, 6.07) is 17.1. The number of ether oxygens (including phenoxy) is 1. The number of anilines is 1. The number of methoxy groups -OCH3 is 1. The van der Waals surface area contributed by atoms with E-state index in [2.05, 4.69) is 0 Å². The molecule has 0 saturated heterocycles. The van der Waals surface area contributed by atoms with Crippen LogP contribution in [0.5, 0.6) is 5.75 Å². The Labute approximate surface area is 149 Å². The van der Waals surface area contributed by atoms with Crippen LogP contribution in [0, 0.1) is 0 Å². The lowest BCUT2D eigenvalue weighted by atomic mass is 10.1. The van der Waals surface area contributed by atoms with Gasteiger partial charge in [-0.1, -0.05) is 29.8 Å². The first-order chi connectivity index (χ1) is 12.2. The van der Waals surface area contributed by atoms with Gasteiger partial charge in [-0.2, -0.15) is 0 Å². The molecule has 1 unspecified atom stereocenters. The Hall–Kier alpha value is -2.92. The lowest BCUT2D eigenvalue weighted by molar-refractivity contribution is 0.415. The minimum atomic E-state index is -0.416.